The first-order valence-electron chi connectivity index (χ1n) is 24.8. The van der Waals surface area contributed by atoms with Gasteiger partial charge in [0.05, 0.1) is 34.5 Å². The van der Waals surface area contributed by atoms with E-state index < -0.39 is 97.4 Å². The van der Waals surface area contributed by atoms with Crippen LogP contribution >= 0.6 is 23.5 Å². The van der Waals surface area contributed by atoms with Gasteiger partial charge in [-0.05, 0) is 95.3 Å². The van der Waals surface area contributed by atoms with Crippen LogP contribution in [-0.4, -0.2) is 117 Å². The van der Waals surface area contributed by atoms with E-state index >= 15 is 0 Å². The predicted molar refractivity (Wildman–Crippen MR) is 281 cm³/mol. The molecular weight excluding hydrogens is 1130 g/mol. The molecule has 6 atom stereocenters. The molecule has 3 aromatic rings. The Kier molecular flexibility index (Phi) is 20.0. The number of phosphoric acid groups is 3. The Morgan fingerprint density at radius 2 is 1.54 bits per heavy atom. The minimum absolute atomic E-state index is 0.159. The Morgan fingerprint density at radius 3 is 2.21 bits per heavy atom. The molecule has 26 nitrogen and oxygen atoms in total. The van der Waals surface area contributed by atoms with Gasteiger partial charge in [0.2, 0.25) is 11.6 Å². The Hall–Kier alpha value is -4.31. The Bertz CT molecular complexity index is 3360. The standard InChI is InChI=1S/C47H66N5O21P3S2/c1-7-50-36-21-19-32(77(63,64)65)26-34(36)46(3,4)40(50)16-15-17-41-47(5,6)35-27-33(78(66,67)68)20-22-37(35)51(41)24-13-10-11-18-42(54)48-23-12-8-9-14-25-69-74(57,58)72-76(61,62)73-75(59,60)70-30-39-38(53)28-43(71-39)52-29-31(2)44(55)49-45(52)56/h15-17,19-22,26-27,29,38-39,43,53H,7-14,18,23-25,28,30H2,1-6H3,(H6-,48,49,54,55,56,57,58,59,60,61,62,63,64,65,66,67,68)/t38-,39+,43+/m0/s1. The normalized spacial score (nSPS) is 21.9. The molecule has 0 radical (unpaired) electrons. The van der Waals surface area contributed by atoms with Gasteiger partial charge in [-0.15, -0.1) is 0 Å². The van der Waals surface area contributed by atoms with E-state index in [2.05, 4.69) is 32.9 Å². The smallest absolute Gasteiger partial charge is 0.490 e. The Balaban J connectivity index is 0.918. The molecule has 0 aliphatic carbocycles. The summed E-state index contributed by atoms with van der Waals surface area (Å²) < 4.78 is 133. The van der Waals surface area contributed by atoms with Crippen LogP contribution in [0.4, 0.5) is 11.4 Å². The molecule has 1 saturated heterocycles. The second kappa shape index (κ2) is 24.8. The highest BCUT2D eigenvalue weighted by molar-refractivity contribution is 7.86. The molecule has 0 bridgehead atoms. The van der Waals surface area contributed by atoms with E-state index in [4.69, 9.17) is 9.26 Å². The van der Waals surface area contributed by atoms with Crippen molar-refractivity contribution in [1.29, 1.82) is 0 Å². The first-order valence-corrected chi connectivity index (χ1v) is 32.2. The van der Waals surface area contributed by atoms with Crippen molar-refractivity contribution < 1.29 is 91.2 Å². The largest absolute Gasteiger partial charge is 0.744 e. The van der Waals surface area contributed by atoms with Crippen molar-refractivity contribution in [3.05, 3.63) is 104 Å². The van der Waals surface area contributed by atoms with Crippen molar-refractivity contribution in [3.63, 3.8) is 0 Å². The number of benzene rings is 2. The van der Waals surface area contributed by atoms with Crippen molar-refractivity contribution in [1.82, 2.24) is 14.9 Å². The SMILES string of the molecule is CCN1C(=CC=CC2=[N+](CCCCCC(=O)NCCCCCCOP(=O)(O)OP(=O)(O)OP(=O)(O)OC[C@H]3O[C@@H](n4cc(C)c(=O)[nH]c4=O)C[C@@H]3O)c3ccc(S(=O)(=O)[O-])cc3C2(C)C)C(C)(C)c2cc(S(=O)(=O)O)ccc21. The fraction of sp³-hybridized carbons (Fsp3) is 0.532. The lowest BCUT2D eigenvalue weighted by molar-refractivity contribution is -0.438. The molecule has 6 rings (SSSR count). The van der Waals surface area contributed by atoms with Gasteiger partial charge in [-0.2, -0.15) is 21.6 Å². The summed E-state index contributed by atoms with van der Waals surface area (Å²) in [6.07, 6.45) is 6.72. The minimum atomic E-state index is -5.79. The van der Waals surface area contributed by atoms with E-state index in [1.807, 2.05) is 52.8 Å². The van der Waals surface area contributed by atoms with Crippen LogP contribution in [0.25, 0.3) is 0 Å². The van der Waals surface area contributed by atoms with Gasteiger partial charge in [0.25, 0.3) is 15.7 Å². The van der Waals surface area contributed by atoms with Crippen LogP contribution in [-0.2, 0) is 72.0 Å². The molecule has 1 fully saturated rings. The average Bonchev–Trinajstić information content (AvgIpc) is 3.89. The van der Waals surface area contributed by atoms with Crippen LogP contribution in [0, 0.1) is 6.92 Å². The predicted octanol–water partition coefficient (Wildman–Crippen LogP) is 5.58. The fourth-order valence-electron chi connectivity index (χ4n) is 9.57. The number of aliphatic hydroxyl groups is 1. The molecule has 3 aliphatic rings. The molecule has 1 aromatic heterocycles. The van der Waals surface area contributed by atoms with Crippen molar-refractivity contribution in [2.24, 2.45) is 0 Å². The number of carbonyl (C=O) groups is 1. The summed E-state index contributed by atoms with van der Waals surface area (Å²) in [5.74, 6) is -0.173. The number of aromatic amines is 1. The van der Waals surface area contributed by atoms with Crippen LogP contribution in [0.2, 0.25) is 0 Å². The number of phosphoric ester groups is 2. The highest BCUT2D eigenvalue weighted by Gasteiger charge is 2.46. The summed E-state index contributed by atoms with van der Waals surface area (Å²) in [4.78, 5) is 70.0. The summed E-state index contributed by atoms with van der Waals surface area (Å²) in [5.41, 5.74) is 1.93. The monoisotopic (exact) mass is 1190 g/mol. The van der Waals surface area contributed by atoms with Gasteiger partial charge in [0.1, 0.15) is 29.0 Å². The first-order chi connectivity index (χ1) is 36.2. The molecule has 1 amide bonds. The van der Waals surface area contributed by atoms with Crippen molar-refractivity contribution in [2.75, 3.05) is 37.7 Å². The molecule has 2 aromatic carbocycles. The van der Waals surface area contributed by atoms with E-state index in [0.29, 0.717) is 63.7 Å². The fourth-order valence-corrected chi connectivity index (χ4v) is 14.1. The third kappa shape index (κ3) is 15.6. The second-order valence-corrected chi connectivity index (χ2v) is 27.3. The quantitative estimate of drug-likeness (QED) is 0.0212. The summed E-state index contributed by atoms with van der Waals surface area (Å²) in [5, 5.41) is 13.2. The number of rotatable bonds is 27. The number of anilines is 1. The van der Waals surface area contributed by atoms with Crippen molar-refractivity contribution in [3.8, 4) is 0 Å². The molecule has 78 heavy (non-hydrogen) atoms. The van der Waals surface area contributed by atoms with Gasteiger partial charge >= 0.3 is 29.2 Å². The number of nitrogens with zero attached hydrogens (tertiary/aromatic N) is 3. The molecule has 0 spiro atoms. The Morgan fingerprint density at radius 1 is 0.897 bits per heavy atom. The molecule has 432 valence electrons. The zero-order valence-electron chi connectivity index (χ0n) is 43.7. The minimum Gasteiger partial charge on any atom is -0.744 e. The maximum absolute atomic E-state index is 12.7. The zero-order chi connectivity index (χ0) is 57.8. The number of likely N-dealkylation sites (N-methyl/N-ethyl adjacent to an activating group) is 1. The number of aliphatic hydroxyl groups excluding tert-OH is 1. The zero-order valence-corrected chi connectivity index (χ0v) is 48.0. The third-order valence-corrected chi connectivity index (χ3v) is 19.5. The van der Waals surface area contributed by atoms with E-state index in [0.717, 1.165) is 32.9 Å². The number of nitrogens with one attached hydrogen (secondary N) is 2. The number of allylic oxidation sites excluding steroid dienone is 4. The molecule has 3 aliphatic heterocycles. The second-order valence-electron chi connectivity index (χ2n) is 19.9. The third-order valence-electron chi connectivity index (χ3n) is 13.5. The lowest BCUT2D eigenvalue weighted by atomic mass is 9.81. The maximum atomic E-state index is 12.7. The van der Waals surface area contributed by atoms with Crippen LogP contribution in [0.3, 0.4) is 0 Å². The molecule has 3 unspecified atom stereocenters. The van der Waals surface area contributed by atoms with Crippen LogP contribution in [0.15, 0.2) is 85.9 Å². The van der Waals surface area contributed by atoms with Gasteiger partial charge in [-0.25, -0.2) is 26.9 Å². The highest BCUT2D eigenvalue weighted by atomic mass is 32.2. The van der Waals surface area contributed by atoms with Crippen LogP contribution < -0.4 is 21.5 Å². The number of carbonyl (C=O) groups excluding carboxylic acids is 1. The number of hydrogen-bond acceptors (Lipinski definition) is 18. The van der Waals surface area contributed by atoms with Gasteiger partial charge in [0.15, 0.2) is 5.71 Å². The number of fused-ring (bicyclic) bond motifs is 2. The Labute approximate surface area is 451 Å². The molecule has 0 saturated carbocycles. The van der Waals surface area contributed by atoms with Gasteiger partial charge in [0, 0.05) is 78.6 Å². The van der Waals surface area contributed by atoms with E-state index in [-0.39, 0.29) is 40.5 Å². The molecule has 7 N–H and O–H groups in total. The lowest BCUT2D eigenvalue weighted by Gasteiger charge is -2.25. The number of amides is 1. The number of hydrogen-bond donors (Lipinski definition) is 7. The lowest BCUT2D eigenvalue weighted by Crippen LogP contribution is -2.33. The number of H-pyrrole nitrogens is 1. The van der Waals surface area contributed by atoms with Crippen molar-refractivity contribution >= 4 is 66.7 Å². The van der Waals surface area contributed by atoms with E-state index in [9.17, 15) is 73.8 Å². The topological polar surface area (TPSA) is 380 Å². The maximum Gasteiger partial charge on any atom is 0.490 e. The average molecular weight is 1190 g/mol. The summed E-state index contributed by atoms with van der Waals surface area (Å²) in [6, 6.07) is 8.85. The van der Waals surface area contributed by atoms with Crippen LogP contribution in [0.5, 0.6) is 0 Å². The number of unbranched alkanes of at least 4 members (excludes halogenated alkanes) is 5. The molecular formula is C47H66N5O21P3S2. The number of ether oxygens (including phenoxy) is 1. The highest BCUT2D eigenvalue weighted by Crippen LogP contribution is 2.68. The van der Waals surface area contributed by atoms with Crippen molar-refractivity contribution in [2.45, 2.75) is 138 Å². The molecule has 31 heteroatoms. The summed E-state index contributed by atoms with van der Waals surface area (Å²) >= 11 is 0. The summed E-state index contributed by atoms with van der Waals surface area (Å²) in [6.45, 7) is 11.3. The van der Waals surface area contributed by atoms with Gasteiger partial charge in [-0.3, -0.25) is 32.7 Å². The molecule has 4 heterocycles. The first kappa shape index (κ1) is 62.9. The summed E-state index contributed by atoms with van der Waals surface area (Å²) in [7, 11) is -25.8. The number of aryl methyl sites for hydroxylation is 1. The van der Waals surface area contributed by atoms with E-state index in [1.165, 1.54) is 37.4 Å². The number of aromatic nitrogens is 2. The van der Waals surface area contributed by atoms with Gasteiger partial charge in [-0.1, -0.05) is 32.8 Å². The van der Waals surface area contributed by atoms with Crippen LogP contribution in [0.1, 0.15) is 115 Å². The van der Waals surface area contributed by atoms with E-state index in [1.54, 1.807) is 12.1 Å². The van der Waals surface area contributed by atoms with Gasteiger partial charge < -0.3 is 39.3 Å².